The van der Waals surface area contributed by atoms with Gasteiger partial charge in [0.2, 0.25) is 5.91 Å². The molecule has 2 aromatic rings. The lowest BCUT2D eigenvalue weighted by molar-refractivity contribution is -0.119. The Hall–Kier alpha value is -3.42. The monoisotopic (exact) mass is 371 g/mol. The highest BCUT2D eigenvalue weighted by atomic mass is 19.1. The Morgan fingerprint density at radius 2 is 2.11 bits per heavy atom. The third-order valence-electron chi connectivity index (χ3n) is 4.15. The van der Waals surface area contributed by atoms with E-state index in [1.807, 2.05) is 0 Å². The van der Waals surface area contributed by atoms with Crippen molar-refractivity contribution in [3.63, 3.8) is 0 Å². The number of rotatable bonds is 5. The summed E-state index contributed by atoms with van der Waals surface area (Å²) in [4.78, 5) is 24.3. The van der Waals surface area contributed by atoms with Crippen LogP contribution in [0.3, 0.4) is 0 Å². The maximum Gasteiger partial charge on any atom is 0.414 e. The van der Waals surface area contributed by atoms with Crippen molar-refractivity contribution >= 4 is 23.9 Å². The number of anilines is 1. The number of amides is 2. The van der Waals surface area contributed by atoms with Gasteiger partial charge in [-0.3, -0.25) is 9.69 Å². The topological polar surface area (TPSA) is 91.2 Å². The van der Waals surface area contributed by atoms with Gasteiger partial charge in [0.05, 0.1) is 25.0 Å². The van der Waals surface area contributed by atoms with Crippen LogP contribution in [0.4, 0.5) is 14.9 Å². The summed E-state index contributed by atoms with van der Waals surface area (Å²) in [5.74, 6) is -0.689. The van der Waals surface area contributed by atoms with Crippen LogP contribution in [-0.4, -0.2) is 42.6 Å². The zero-order valence-electron chi connectivity index (χ0n) is 14.6. The van der Waals surface area contributed by atoms with E-state index in [0.717, 1.165) is 0 Å². The first-order chi connectivity index (χ1) is 13.0. The van der Waals surface area contributed by atoms with Gasteiger partial charge in [-0.2, -0.15) is 0 Å². The maximum absolute atomic E-state index is 14.6. The van der Waals surface area contributed by atoms with E-state index in [9.17, 15) is 14.0 Å². The molecule has 1 aliphatic heterocycles. The van der Waals surface area contributed by atoms with E-state index in [4.69, 9.17) is 9.94 Å². The largest absolute Gasteiger partial charge is 0.442 e. The van der Waals surface area contributed by atoms with Crippen LogP contribution in [-0.2, 0) is 9.53 Å². The van der Waals surface area contributed by atoms with Gasteiger partial charge in [0.15, 0.2) is 0 Å². The predicted molar refractivity (Wildman–Crippen MR) is 97.5 cm³/mol. The van der Waals surface area contributed by atoms with E-state index >= 15 is 0 Å². The molecule has 3 rings (SSSR count). The van der Waals surface area contributed by atoms with Gasteiger partial charge in [-0.25, -0.2) is 9.18 Å². The minimum atomic E-state index is -0.579. The van der Waals surface area contributed by atoms with Gasteiger partial charge in [-0.1, -0.05) is 29.4 Å². The molecule has 0 unspecified atom stereocenters. The molecule has 7 nitrogen and oxygen atoms in total. The molecule has 2 aromatic carbocycles. The lowest BCUT2D eigenvalue weighted by Gasteiger charge is -2.14. The Morgan fingerprint density at radius 1 is 1.37 bits per heavy atom. The molecule has 0 aromatic heterocycles. The molecule has 140 valence electrons. The summed E-state index contributed by atoms with van der Waals surface area (Å²) < 4.78 is 19.8. The number of cyclic esters (lactones) is 1. The lowest BCUT2D eigenvalue weighted by Crippen LogP contribution is -2.33. The fourth-order valence-corrected chi connectivity index (χ4v) is 2.82. The zero-order chi connectivity index (χ0) is 19.4. The number of ether oxygens (including phenoxy) is 1. The van der Waals surface area contributed by atoms with Crippen LogP contribution in [0.5, 0.6) is 0 Å². The normalized spacial score (nSPS) is 16.6. The van der Waals surface area contributed by atoms with Gasteiger partial charge >= 0.3 is 6.09 Å². The number of hydrogen-bond donors (Lipinski definition) is 2. The molecule has 27 heavy (non-hydrogen) atoms. The lowest BCUT2D eigenvalue weighted by atomic mass is 10.0. The van der Waals surface area contributed by atoms with Crippen LogP contribution in [0.2, 0.25) is 0 Å². The average Bonchev–Trinajstić information content (AvgIpc) is 3.02. The second-order valence-electron chi connectivity index (χ2n) is 6.08. The summed E-state index contributed by atoms with van der Waals surface area (Å²) >= 11 is 0. The van der Waals surface area contributed by atoms with Crippen LogP contribution >= 0.6 is 0 Å². The summed E-state index contributed by atoms with van der Waals surface area (Å²) in [7, 11) is 0. The second kappa shape index (κ2) is 7.86. The molecule has 2 N–H and O–H groups in total. The van der Waals surface area contributed by atoms with Gasteiger partial charge in [-0.15, -0.1) is 0 Å². The Bertz CT molecular complexity index is 883. The van der Waals surface area contributed by atoms with E-state index in [1.54, 1.807) is 36.4 Å². The Labute approximate surface area is 155 Å². The standard InChI is InChI=1S/C19H18FN3O4/c1-12(24)21-10-16-11-23(19(25)27-16)15-6-7-17(18(20)8-15)14-4-2-13(3-5-14)9-22-26/h2-9,16,26H,10-11H2,1H3,(H,21,24)/t16-/m0/s1. The van der Waals surface area contributed by atoms with E-state index in [2.05, 4.69) is 10.5 Å². The van der Waals surface area contributed by atoms with Crippen molar-refractivity contribution in [2.75, 3.05) is 18.0 Å². The molecule has 1 saturated heterocycles. The van der Waals surface area contributed by atoms with Crippen molar-refractivity contribution < 1.29 is 23.9 Å². The number of benzene rings is 2. The molecule has 8 heteroatoms. The molecule has 0 radical (unpaired) electrons. The first-order valence-electron chi connectivity index (χ1n) is 8.28. The van der Waals surface area contributed by atoms with Crippen LogP contribution in [0.15, 0.2) is 47.6 Å². The molecule has 0 spiro atoms. The summed E-state index contributed by atoms with van der Waals surface area (Å²) in [6.45, 7) is 1.82. The second-order valence-corrected chi connectivity index (χ2v) is 6.08. The van der Waals surface area contributed by atoms with E-state index in [1.165, 1.54) is 24.1 Å². The first-order valence-corrected chi connectivity index (χ1v) is 8.28. The predicted octanol–water partition coefficient (Wildman–Crippen LogP) is 2.76. The fraction of sp³-hybridized carbons (Fsp3) is 0.211. The average molecular weight is 371 g/mol. The van der Waals surface area contributed by atoms with Gasteiger partial charge in [-0.05, 0) is 29.3 Å². The summed E-state index contributed by atoms with van der Waals surface area (Å²) in [5.41, 5.74) is 2.11. The van der Waals surface area contributed by atoms with E-state index in [-0.39, 0.29) is 19.0 Å². The molecular weight excluding hydrogens is 353 g/mol. The minimum Gasteiger partial charge on any atom is -0.442 e. The molecule has 1 heterocycles. The van der Waals surface area contributed by atoms with Crippen molar-refractivity contribution in [3.8, 4) is 11.1 Å². The van der Waals surface area contributed by atoms with Crippen LogP contribution in [0.25, 0.3) is 11.1 Å². The number of carbonyl (C=O) groups is 2. The highest BCUT2D eigenvalue weighted by Crippen LogP contribution is 2.29. The third kappa shape index (κ3) is 4.22. The quantitative estimate of drug-likeness (QED) is 0.480. The fourth-order valence-electron chi connectivity index (χ4n) is 2.82. The van der Waals surface area contributed by atoms with Crippen LogP contribution in [0.1, 0.15) is 12.5 Å². The van der Waals surface area contributed by atoms with Crippen molar-refractivity contribution in [2.24, 2.45) is 5.16 Å². The molecule has 1 aliphatic rings. The maximum atomic E-state index is 14.6. The Kier molecular flexibility index (Phi) is 5.35. The summed E-state index contributed by atoms with van der Waals surface area (Å²) in [5, 5.41) is 14.1. The van der Waals surface area contributed by atoms with E-state index in [0.29, 0.717) is 22.4 Å². The SMILES string of the molecule is CC(=O)NC[C@H]1CN(c2ccc(-c3ccc(C=NO)cc3)c(F)c2)C(=O)O1. The number of hydrogen-bond acceptors (Lipinski definition) is 5. The van der Waals surface area contributed by atoms with Crippen LogP contribution in [0, 0.1) is 5.82 Å². The van der Waals surface area contributed by atoms with Gasteiger partial charge < -0.3 is 15.3 Å². The van der Waals surface area contributed by atoms with Crippen molar-refractivity contribution in [3.05, 3.63) is 53.8 Å². The summed E-state index contributed by atoms with van der Waals surface area (Å²) in [6.07, 6.45) is 0.217. The molecule has 1 atom stereocenters. The van der Waals surface area contributed by atoms with Crippen molar-refractivity contribution in [1.82, 2.24) is 5.32 Å². The van der Waals surface area contributed by atoms with Gasteiger partial charge in [0, 0.05) is 12.5 Å². The molecular formula is C19H18FN3O4. The van der Waals surface area contributed by atoms with Gasteiger partial charge in [0.1, 0.15) is 11.9 Å². The molecule has 1 fully saturated rings. The third-order valence-corrected chi connectivity index (χ3v) is 4.15. The number of halogens is 1. The highest BCUT2D eigenvalue weighted by molar-refractivity contribution is 5.90. The minimum absolute atomic E-state index is 0.210. The number of oxime groups is 1. The highest BCUT2D eigenvalue weighted by Gasteiger charge is 2.32. The smallest absolute Gasteiger partial charge is 0.414 e. The van der Waals surface area contributed by atoms with E-state index < -0.39 is 18.0 Å². The molecule has 0 bridgehead atoms. The van der Waals surface area contributed by atoms with Crippen molar-refractivity contribution in [2.45, 2.75) is 13.0 Å². The molecule has 2 amide bonds. The summed E-state index contributed by atoms with van der Waals surface area (Å²) in [6, 6.07) is 11.3. The Balaban J connectivity index is 1.76. The molecule has 0 aliphatic carbocycles. The van der Waals surface area contributed by atoms with Crippen molar-refractivity contribution in [1.29, 1.82) is 0 Å². The number of nitrogens with zero attached hydrogens (tertiary/aromatic N) is 2. The van der Waals surface area contributed by atoms with Crippen LogP contribution < -0.4 is 10.2 Å². The molecule has 0 saturated carbocycles. The number of carbonyl (C=O) groups excluding carboxylic acids is 2. The zero-order valence-corrected chi connectivity index (χ0v) is 14.6. The Morgan fingerprint density at radius 3 is 2.74 bits per heavy atom. The first kappa shape index (κ1) is 18.4. The number of nitrogens with one attached hydrogen (secondary N) is 1. The van der Waals surface area contributed by atoms with Gasteiger partial charge in [0.25, 0.3) is 0 Å².